The maximum Gasteiger partial charge on any atom is 0.394 e. The summed E-state index contributed by atoms with van der Waals surface area (Å²) in [5.41, 5.74) is -2.15. The zero-order valence-electron chi connectivity index (χ0n) is 29.6. The van der Waals surface area contributed by atoms with Crippen molar-refractivity contribution in [2.75, 3.05) is 28.4 Å². The van der Waals surface area contributed by atoms with E-state index in [2.05, 4.69) is 0 Å². The molecule has 0 heterocycles. The van der Waals surface area contributed by atoms with Crippen LogP contribution in [0.25, 0.3) is 0 Å². The molecule has 8 aliphatic rings. The molecule has 0 aromatic heterocycles. The first-order valence-electron chi connectivity index (χ1n) is 17.8. The van der Waals surface area contributed by atoms with E-state index in [1.165, 1.54) is 51.9 Å². The van der Waals surface area contributed by atoms with Crippen LogP contribution >= 0.6 is 0 Å². The molecule has 0 saturated heterocycles. The predicted molar refractivity (Wildman–Crippen MR) is 175 cm³/mol. The van der Waals surface area contributed by atoms with Crippen LogP contribution in [0.15, 0.2) is 0 Å². The minimum atomic E-state index is -3.99. The summed E-state index contributed by atoms with van der Waals surface area (Å²) >= 11 is 0. The molecule has 262 valence electrons. The first kappa shape index (κ1) is 36.3. The molecule has 8 fully saturated rings. The van der Waals surface area contributed by atoms with E-state index in [1.807, 2.05) is 33.1 Å². The topological polar surface area (TPSA) is 36.9 Å². The van der Waals surface area contributed by atoms with Crippen molar-refractivity contribution in [3.8, 4) is 0 Å². The van der Waals surface area contributed by atoms with Crippen LogP contribution in [0.3, 0.4) is 0 Å². The number of alkyl halides is 4. The van der Waals surface area contributed by atoms with Crippen LogP contribution < -0.4 is 0 Å². The average Bonchev–Trinajstić information content (AvgIpc) is 3.82. The second-order valence-corrected chi connectivity index (χ2v) is 24.6. The number of rotatable bonds is 4. The number of hydrogen-bond donors (Lipinski definition) is 0. The van der Waals surface area contributed by atoms with Crippen molar-refractivity contribution in [2.45, 2.75) is 116 Å². The highest BCUT2D eigenvalue weighted by Crippen LogP contribution is 2.74. The Hall–Kier alpha value is -0.00623. The Morgan fingerprint density at radius 3 is 1.27 bits per heavy atom. The van der Waals surface area contributed by atoms with Crippen molar-refractivity contribution in [3.63, 3.8) is 0 Å². The molecule has 10 heteroatoms. The lowest BCUT2D eigenvalue weighted by Gasteiger charge is -2.45. The highest BCUT2D eigenvalue weighted by molar-refractivity contribution is 6.64. The zero-order valence-corrected chi connectivity index (χ0v) is 31.6. The summed E-state index contributed by atoms with van der Waals surface area (Å²) in [5.74, 6) is 7.81. The summed E-state index contributed by atoms with van der Waals surface area (Å²) in [7, 11) is 3.40. The zero-order chi connectivity index (χ0) is 33.3. The fraction of sp³-hybridized carbons (Fsp3) is 1.00. The molecule has 8 aliphatic carbocycles. The number of halogens is 4. The monoisotopic (exact) mass is 678 g/mol. The fourth-order valence-corrected chi connectivity index (χ4v) is 12.6. The van der Waals surface area contributed by atoms with Gasteiger partial charge in [0.2, 0.25) is 0 Å². The maximum absolute atomic E-state index is 14.3. The van der Waals surface area contributed by atoms with Crippen molar-refractivity contribution in [1.29, 1.82) is 0 Å². The summed E-state index contributed by atoms with van der Waals surface area (Å²) in [6, 6.07) is 0. The van der Waals surface area contributed by atoms with Gasteiger partial charge in [-0.1, -0.05) is 6.92 Å². The Kier molecular flexibility index (Phi) is 10.2. The molecule has 0 spiro atoms. The summed E-state index contributed by atoms with van der Waals surface area (Å²) in [4.78, 5) is 0. The molecular formula is C35H62F4O4Si2. The summed E-state index contributed by atoms with van der Waals surface area (Å²) in [5, 5.41) is 0. The van der Waals surface area contributed by atoms with E-state index in [1.54, 1.807) is 28.4 Å². The van der Waals surface area contributed by atoms with Crippen molar-refractivity contribution < 1.29 is 35.3 Å². The second-order valence-electron chi connectivity index (χ2n) is 17.4. The lowest BCUT2D eigenvalue weighted by molar-refractivity contribution is -0.245. The molecule has 8 rings (SSSR count). The minimum absolute atomic E-state index is 0.0483. The highest BCUT2D eigenvalue weighted by Gasteiger charge is 2.72. The summed E-state index contributed by atoms with van der Waals surface area (Å²) in [6.07, 6.45) is 7.54. The van der Waals surface area contributed by atoms with E-state index in [0.717, 1.165) is 48.3 Å². The molecule has 4 nitrogen and oxygen atoms in total. The van der Waals surface area contributed by atoms with Crippen molar-refractivity contribution in [1.82, 2.24) is 0 Å². The Bertz CT molecular complexity index is 1010. The Labute approximate surface area is 272 Å². The van der Waals surface area contributed by atoms with Crippen LogP contribution in [0, 0.1) is 76.4 Å². The van der Waals surface area contributed by atoms with Crippen molar-refractivity contribution >= 4 is 17.1 Å². The van der Waals surface area contributed by atoms with Crippen LogP contribution in [0.5, 0.6) is 0 Å². The van der Waals surface area contributed by atoms with Gasteiger partial charge >= 0.3 is 23.3 Å². The van der Waals surface area contributed by atoms with Gasteiger partial charge in [-0.15, -0.1) is 0 Å². The second kappa shape index (κ2) is 12.7. The van der Waals surface area contributed by atoms with Gasteiger partial charge in [-0.25, -0.2) is 4.39 Å². The van der Waals surface area contributed by atoms with E-state index in [-0.39, 0.29) is 5.92 Å². The molecule has 14 unspecified atom stereocenters. The quantitative estimate of drug-likeness (QED) is 0.169. The molecule has 8 saturated carbocycles. The first-order valence-corrected chi connectivity index (χ1v) is 23.4. The third-order valence-corrected chi connectivity index (χ3v) is 18.7. The van der Waals surface area contributed by atoms with Crippen LogP contribution in [0.2, 0.25) is 26.2 Å². The van der Waals surface area contributed by atoms with Crippen LogP contribution in [-0.4, -0.2) is 57.4 Å². The predicted octanol–water partition coefficient (Wildman–Crippen LogP) is 9.64. The third-order valence-electron chi connectivity index (χ3n) is 14.8. The smallest absolute Gasteiger partial charge is 0.394 e. The van der Waals surface area contributed by atoms with Crippen LogP contribution in [-0.2, 0) is 17.7 Å². The van der Waals surface area contributed by atoms with Gasteiger partial charge in [-0.3, -0.25) is 0 Å². The maximum atomic E-state index is 14.3. The lowest BCUT2D eigenvalue weighted by atomic mass is 9.61. The standard InChI is InChI=1S/C14H19F3.C13H19F.2C4H12O2Si/c1-13(14(15,16)17)6-9-5-10(13)12-8-3-2-7(4-8)11(9)12;1-13(14)6-9-5-10(13)12-8-3-2-7(4-8)11(9)12;2*1-5-7(3,4)6-2/h7-12H,2-6H2,1H3;7-12H,2-6H2,1H3;2*1-4H3. The summed E-state index contributed by atoms with van der Waals surface area (Å²) in [6.45, 7) is 11.3. The number of fused-ring (bicyclic) bond motifs is 18. The van der Waals surface area contributed by atoms with E-state index in [4.69, 9.17) is 17.7 Å². The SMILES string of the molecule is CC1(C(F)(F)F)CC2CC1C1C3CCC(C3)C21.CC1(F)CC2CC1C1C3CCC(C3)C21.CO[Si](C)(C)OC.CO[Si](C)(C)OC. The van der Waals surface area contributed by atoms with Gasteiger partial charge in [-0.2, -0.15) is 13.2 Å². The molecule has 14 atom stereocenters. The van der Waals surface area contributed by atoms with Crippen LogP contribution in [0.1, 0.15) is 78.1 Å². The number of hydrogen-bond acceptors (Lipinski definition) is 4. The Morgan fingerprint density at radius 1 is 0.533 bits per heavy atom. The largest absolute Gasteiger partial charge is 0.398 e. The van der Waals surface area contributed by atoms with E-state index in [9.17, 15) is 17.6 Å². The van der Waals surface area contributed by atoms with Gasteiger partial charge in [0.1, 0.15) is 5.67 Å². The lowest BCUT2D eigenvalue weighted by Crippen LogP contribution is -2.46. The van der Waals surface area contributed by atoms with Gasteiger partial charge in [0.25, 0.3) is 0 Å². The molecule has 0 amide bonds. The molecule has 8 bridgehead atoms. The molecule has 0 aliphatic heterocycles. The first-order chi connectivity index (χ1) is 20.8. The van der Waals surface area contributed by atoms with Crippen molar-refractivity contribution in [2.24, 2.45) is 76.4 Å². The molecule has 0 N–H and O–H groups in total. The van der Waals surface area contributed by atoms with E-state index >= 15 is 0 Å². The molecular weight excluding hydrogens is 617 g/mol. The van der Waals surface area contributed by atoms with Gasteiger partial charge < -0.3 is 17.7 Å². The van der Waals surface area contributed by atoms with Crippen LogP contribution in [0.4, 0.5) is 17.6 Å². The average molecular weight is 679 g/mol. The normalized spacial score (nSPS) is 47.9. The Morgan fingerprint density at radius 2 is 0.889 bits per heavy atom. The molecule has 45 heavy (non-hydrogen) atoms. The molecule has 0 aromatic rings. The van der Waals surface area contributed by atoms with Gasteiger partial charge in [-0.05, 0) is 168 Å². The molecule has 0 aromatic carbocycles. The van der Waals surface area contributed by atoms with Gasteiger partial charge in [0.15, 0.2) is 0 Å². The Balaban J connectivity index is 0.000000129. The van der Waals surface area contributed by atoms with Gasteiger partial charge in [0, 0.05) is 28.4 Å². The van der Waals surface area contributed by atoms with E-state index in [0.29, 0.717) is 36.0 Å². The van der Waals surface area contributed by atoms with E-state index < -0.39 is 34.4 Å². The van der Waals surface area contributed by atoms with Gasteiger partial charge in [0.05, 0.1) is 5.41 Å². The van der Waals surface area contributed by atoms with Crippen molar-refractivity contribution in [3.05, 3.63) is 0 Å². The minimum Gasteiger partial charge on any atom is -0.398 e. The highest BCUT2D eigenvalue weighted by atomic mass is 28.4. The fourth-order valence-electron chi connectivity index (χ4n) is 12.3. The molecule has 0 radical (unpaired) electrons. The summed E-state index contributed by atoms with van der Waals surface area (Å²) < 4.78 is 74.2. The third kappa shape index (κ3) is 6.53.